The highest BCUT2D eigenvalue weighted by Crippen LogP contribution is 2.21. The number of rotatable bonds is 5. The van der Waals surface area contributed by atoms with Gasteiger partial charge in [-0.2, -0.15) is 0 Å². The number of benzene rings is 1. The van der Waals surface area contributed by atoms with Gasteiger partial charge >= 0.3 is 0 Å². The van der Waals surface area contributed by atoms with Gasteiger partial charge in [-0.3, -0.25) is 0 Å². The van der Waals surface area contributed by atoms with E-state index >= 15 is 0 Å². The molecule has 0 aliphatic rings. The third-order valence-corrected chi connectivity index (χ3v) is 2.67. The molecule has 2 nitrogen and oxygen atoms in total. The molecule has 1 atom stereocenters. The molecule has 1 aromatic carbocycles. The van der Waals surface area contributed by atoms with Gasteiger partial charge in [0.15, 0.2) is 0 Å². The van der Waals surface area contributed by atoms with Crippen LogP contribution in [0.25, 0.3) is 0 Å². The number of hydrogen-bond acceptors (Lipinski definition) is 2. The van der Waals surface area contributed by atoms with Crippen molar-refractivity contribution >= 4 is 17.2 Å². The first-order valence-electron chi connectivity index (χ1n) is 5.55. The van der Waals surface area contributed by atoms with Crippen LogP contribution in [-0.4, -0.2) is 11.1 Å². The van der Waals surface area contributed by atoms with E-state index in [0.717, 1.165) is 17.7 Å². The van der Waals surface area contributed by atoms with Gasteiger partial charge in [0.25, 0.3) is 0 Å². The molecule has 0 amide bonds. The molecule has 0 saturated carbocycles. The molecule has 0 aromatic heterocycles. The summed E-state index contributed by atoms with van der Waals surface area (Å²) in [5.41, 5.74) is 7.93. The summed E-state index contributed by atoms with van der Waals surface area (Å²) < 4.78 is 5.89. The molecule has 16 heavy (non-hydrogen) atoms. The van der Waals surface area contributed by atoms with E-state index in [1.807, 2.05) is 6.07 Å². The van der Waals surface area contributed by atoms with Crippen LogP contribution in [0, 0.1) is 13.8 Å². The van der Waals surface area contributed by atoms with Gasteiger partial charge in [-0.25, -0.2) is 0 Å². The lowest BCUT2D eigenvalue weighted by atomic mass is 10.1. The van der Waals surface area contributed by atoms with E-state index in [0.29, 0.717) is 11.4 Å². The molecule has 0 fully saturated rings. The number of hydrogen-bond donors (Lipinski definition) is 1. The number of ether oxygens (including phenoxy) is 1. The normalized spacial score (nSPS) is 12.2. The van der Waals surface area contributed by atoms with E-state index in [9.17, 15) is 0 Å². The summed E-state index contributed by atoms with van der Waals surface area (Å²) in [6.45, 7) is 6.20. The zero-order valence-corrected chi connectivity index (χ0v) is 10.9. The molecule has 1 unspecified atom stereocenters. The van der Waals surface area contributed by atoms with Gasteiger partial charge in [-0.1, -0.05) is 36.8 Å². The summed E-state index contributed by atoms with van der Waals surface area (Å²) in [5.74, 6) is 0.925. The van der Waals surface area contributed by atoms with Gasteiger partial charge < -0.3 is 10.5 Å². The van der Waals surface area contributed by atoms with Crippen LogP contribution in [0.5, 0.6) is 5.75 Å². The third-order valence-electron chi connectivity index (χ3n) is 2.51. The van der Waals surface area contributed by atoms with Crippen molar-refractivity contribution in [1.82, 2.24) is 0 Å². The second kappa shape index (κ2) is 5.85. The van der Waals surface area contributed by atoms with Crippen molar-refractivity contribution in [2.45, 2.75) is 39.7 Å². The first-order chi connectivity index (χ1) is 7.52. The topological polar surface area (TPSA) is 35.2 Å². The Morgan fingerprint density at radius 1 is 1.44 bits per heavy atom. The molecule has 0 bridgehead atoms. The molecular weight excluding hydrogens is 218 g/mol. The highest BCUT2D eigenvalue weighted by Gasteiger charge is 2.10. The van der Waals surface area contributed by atoms with Crippen molar-refractivity contribution in [3.8, 4) is 5.75 Å². The van der Waals surface area contributed by atoms with Gasteiger partial charge in [-0.15, -0.1) is 0 Å². The highest BCUT2D eigenvalue weighted by atomic mass is 32.1. The minimum atomic E-state index is 0.0823. The largest absolute Gasteiger partial charge is 0.490 e. The van der Waals surface area contributed by atoms with Crippen LogP contribution >= 0.6 is 12.2 Å². The molecule has 0 radical (unpaired) electrons. The first-order valence-corrected chi connectivity index (χ1v) is 5.96. The second-order valence-electron chi connectivity index (χ2n) is 4.09. The maximum absolute atomic E-state index is 5.89. The summed E-state index contributed by atoms with van der Waals surface area (Å²) in [6, 6.07) is 6.17. The van der Waals surface area contributed by atoms with Crippen molar-refractivity contribution in [3.63, 3.8) is 0 Å². The molecule has 0 aliphatic carbocycles. The van der Waals surface area contributed by atoms with E-state index < -0.39 is 0 Å². The van der Waals surface area contributed by atoms with Gasteiger partial charge in [0, 0.05) is 6.42 Å². The van der Waals surface area contributed by atoms with Crippen molar-refractivity contribution < 1.29 is 4.74 Å². The molecule has 2 N–H and O–H groups in total. The van der Waals surface area contributed by atoms with Crippen LogP contribution in [0.3, 0.4) is 0 Å². The summed E-state index contributed by atoms with van der Waals surface area (Å²) in [6.07, 6.45) is 1.63. The average Bonchev–Trinajstić information content (AvgIpc) is 2.20. The molecular formula is C13H19NOS. The average molecular weight is 237 g/mol. The Morgan fingerprint density at radius 3 is 2.62 bits per heavy atom. The predicted molar refractivity (Wildman–Crippen MR) is 72.0 cm³/mol. The molecule has 0 aliphatic heterocycles. The van der Waals surface area contributed by atoms with Gasteiger partial charge in [0.2, 0.25) is 0 Å². The maximum atomic E-state index is 5.89. The maximum Gasteiger partial charge on any atom is 0.122 e. The van der Waals surface area contributed by atoms with Crippen LogP contribution in [0.15, 0.2) is 18.2 Å². The van der Waals surface area contributed by atoms with Crippen molar-refractivity contribution in [3.05, 3.63) is 29.3 Å². The standard InChI is InChI=1S/C13H19NOS/c1-4-11(8-13(14)16)15-12-6-5-9(2)7-10(12)3/h5-7,11H,4,8H2,1-3H3,(H2,14,16). The molecule has 1 rings (SSSR count). The molecule has 0 saturated heterocycles. The molecule has 3 heteroatoms. The Bertz CT molecular complexity index is 376. The molecule has 1 aromatic rings. The Balaban J connectivity index is 2.73. The Morgan fingerprint density at radius 2 is 2.12 bits per heavy atom. The minimum absolute atomic E-state index is 0.0823. The SMILES string of the molecule is CCC(CC(N)=S)Oc1ccc(C)cc1C. The number of thiocarbonyl (C=S) groups is 1. The highest BCUT2D eigenvalue weighted by molar-refractivity contribution is 7.80. The van der Waals surface area contributed by atoms with Crippen LogP contribution in [0.1, 0.15) is 30.9 Å². The lowest BCUT2D eigenvalue weighted by Gasteiger charge is -2.18. The summed E-state index contributed by atoms with van der Waals surface area (Å²) in [4.78, 5) is 0.511. The molecule has 88 valence electrons. The first kappa shape index (κ1) is 13.0. The fourth-order valence-corrected chi connectivity index (χ4v) is 1.79. The van der Waals surface area contributed by atoms with Crippen LogP contribution in [0.2, 0.25) is 0 Å². The minimum Gasteiger partial charge on any atom is -0.490 e. The summed E-state index contributed by atoms with van der Waals surface area (Å²) in [7, 11) is 0. The van der Waals surface area contributed by atoms with Crippen LogP contribution in [0.4, 0.5) is 0 Å². The smallest absolute Gasteiger partial charge is 0.122 e. The lowest BCUT2D eigenvalue weighted by Crippen LogP contribution is -2.23. The number of nitrogens with two attached hydrogens (primary N) is 1. The second-order valence-corrected chi connectivity index (χ2v) is 4.61. The van der Waals surface area contributed by atoms with Crippen molar-refractivity contribution in [2.75, 3.05) is 0 Å². The molecule has 0 spiro atoms. The van der Waals surface area contributed by atoms with Crippen molar-refractivity contribution in [2.24, 2.45) is 5.73 Å². The quantitative estimate of drug-likeness (QED) is 0.799. The third kappa shape index (κ3) is 3.81. The zero-order chi connectivity index (χ0) is 12.1. The lowest BCUT2D eigenvalue weighted by molar-refractivity contribution is 0.204. The zero-order valence-electron chi connectivity index (χ0n) is 10.1. The van der Waals surface area contributed by atoms with Crippen LogP contribution in [-0.2, 0) is 0 Å². The Kier molecular flexibility index (Phi) is 4.74. The van der Waals surface area contributed by atoms with Gasteiger partial charge in [-0.05, 0) is 31.9 Å². The van der Waals surface area contributed by atoms with Crippen LogP contribution < -0.4 is 10.5 Å². The monoisotopic (exact) mass is 237 g/mol. The number of aryl methyl sites for hydroxylation is 2. The summed E-state index contributed by atoms with van der Waals surface area (Å²) in [5, 5.41) is 0. The van der Waals surface area contributed by atoms with E-state index in [-0.39, 0.29) is 6.10 Å². The fourth-order valence-electron chi connectivity index (χ4n) is 1.60. The van der Waals surface area contributed by atoms with Crippen molar-refractivity contribution in [1.29, 1.82) is 0 Å². The van der Waals surface area contributed by atoms with Gasteiger partial charge in [0.1, 0.15) is 11.9 Å². The Labute approximate surface area is 103 Å². The summed E-state index contributed by atoms with van der Waals surface area (Å²) >= 11 is 4.91. The molecule has 0 heterocycles. The van der Waals surface area contributed by atoms with Gasteiger partial charge in [0.05, 0.1) is 4.99 Å². The van der Waals surface area contributed by atoms with E-state index in [1.54, 1.807) is 0 Å². The fraction of sp³-hybridized carbons (Fsp3) is 0.462. The van der Waals surface area contributed by atoms with E-state index in [4.69, 9.17) is 22.7 Å². The predicted octanol–water partition coefficient (Wildman–Crippen LogP) is 3.14. The van der Waals surface area contributed by atoms with E-state index in [1.165, 1.54) is 5.56 Å². The Hall–Kier alpha value is -1.09. The van der Waals surface area contributed by atoms with E-state index in [2.05, 4.69) is 32.9 Å².